The third-order valence-electron chi connectivity index (χ3n) is 9.47. The molecule has 393 valence electrons. The van der Waals surface area contributed by atoms with E-state index in [4.69, 9.17) is 61.9 Å². The van der Waals surface area contributed by atoms with Crippen molar-refractivity contribution in [3.63, 3.8) is 0 Å². The number of imide groups is 1. The van der Waals surface area contributed by atoms with Crippen LogP contribution in [0.4, 0.5) is 4.79 Å². The normalized spacial score (nSPS) is 11.8. The molecular formula is C46H85N2O19. The number of unbranched alkanes of at least 4 members (excludes halogenated alkanes) is 9. The number of hydrogen-bond acceptors (Lipinski definition) is 17. The van der Waals surface area contributed by atoms with Crippen molar-refractivity contribution in [1.29, 1.82) is 0 Å². The van der Waals surface area contributed by atoms with Gasteiger partial charge in [-0.25, -0.2) is 14.5 Å². The molecule has 0 aromatic heterocycles. The van der Waals surface area contributed by atoms with E-state index in [1.54, 1.807) is 6.29 Å². The molecule has 21 heteroatoms. The summed E-state index contributed by atoms with van der Waals surface area (Å²) in [6, 6.07) is -1.12. The molecule has 0 aliphatic rings. The zero-order valence-electron chi connectivity index (χ0n) is 40.4. The van der Waals surface area contributed by atoms with Gasteiger partial charge in [-0.15, -0.1) is 0 Å². The number of carboxylic acid groups (broad SMARTS) is 2. The highest BCUT2D eigenvalue weighted by atomic mass is 16.6. The van der Waals surface area contributed by atoms with Crippen LogP contribution in [0.2, 0.25) is 0 Å². The van der Waals surface area contributed by atoms with E-state index in [9.17, 15) is 29.1 Å². The summed E-state index contributed by atoms with van der Waals surface area (Å²) in [4.78, 5) is 57.9. The minimum Gasteiger partial charge on any atom is -0.480 e. The fourth-order valence-corrected chi connectivity index (χ4v) is 5.79. The zero-order valence-corrected chi connectivity index (χ0v) is 40.4. The average Bonchev–Trinajstić information content (AvgIpc) is 3.31. The van der Waals surface area contributed by atoms with Gasteiger partial charge in [0.2, 0.25) is 11.8 Å². The Bertz CT molecular complexity index is 1140. The Kier molecular flexibility index (Phi) is 50.1. The molecule has 0 aromatic rings. The van der Waals surface area contributed by atoms with E-state index in [-0.39, 0.29) is 58.0 Å². The van der Waals surface area contributed by atoms with Crippen molar-refractivity contribution >= 4 is 30.2 Å². The SMILES string of the molecule is CCCCCCCCCCCCC(=O)N(CCOCCOCCOCCOCCOCCOCCOCCOCCOCCOCCOCCOCCC(=O)N[C@@H](CC[C]=O)C(=O)O)C(=O)O. The summed E-state index contributed by atoms with van der Waals surface area (Å²) in [6.07, 6.45) is 12.1. The van der Waals surface area contributed by atoms with Gasteiger partial charge in [-0.3, -0.25) is 14.4 Å². The monoisotopic (exact) mass is 970 g/mol. The Labute approximate surface area is 398 Å². The summed E-state index contributed by atoms with van der Waals surface area (Å²) in [5.41, 5.74) is 0. The van der Waals surface area contributed by atoms with Crippen LogP contribution in [0, 0.1) is 0 Å². The third kappa shape index (κ3) is 47.9. The maximum atomic E-state index is 12.4. The van der Waals surface area contributed by atoms with Crippen molar-refractivity contribution in [2.75, 3.05) is 165 Å². The molecular weight excluding hydrogens is 885 g/mol. The Morgan fingerprint density at radius 2 is 0.761 bits per heavy atom. The van der Waals surface area contributed by atoms with Gasteiger partial charge < -0.3 is 72.4 Å². The lowest BCUT2D eigenvalue weighted by Crippen LogP contribution is -2.41. The van der Waals surface area contributed by atoms with Crippen LogP contribution in [-0.2, 0) is 76.0 Å². The van der Waals surface area contributed by atoms with Crippen molar-refractivity contribution in [3.8, 4) is 0 Å². The van der Waals surface area contributed by atoms with Gasteiger partial charge in [0, 0.05) is 19.3 Å². The number of hydrogen-bond donors (Lipinski definition) is 3. The number of ether oxygens (including phenoxy) is 12. The molecule has 0 bridgehead atoms. The van der Waals surface area contributed by atoms with Crippen LogP contribution in [0.1, 0.15) is 96.8 Å². The summed E-state index contributed by atoms with van der Waals surface area (Å²) in [5, 5.41) is 20.8. The predicted octanol–water partition coefficient (Wildman–Crippen LogP) is 3.85. The van der Waals surface area contributed by atoms with E-state index in [1.165, 1.54) is 44.9 Å². The molecule has 1 radical (unpaired) electrons. The first-order valence-corrected chi connectivity index (χ1v) is 24.2. The largest absolute Gasteiger partial charge is 0.480 e. The standard InChI is InChI=1S/C46H85N2O19/c1-2-3-4-5-6-7-8-9-10-11-14-44(51)48(46(54)55)16-19-57-21-23-59-25-27-61-29-31-63-33-35-65-37-39-67-41-40-66-38-36-64-34-32-62-30-28-60-26-24-58-22-20-56-18-15-43(50)47-42(45(52)53)13-12-17-49/h42H,2-16,18-41H2,1H3,(H,47,50)(H,52,53)(H,54,55)/t42-/m0/s1. The molecule has 0 saturated carbocycles. The minimum atomic E-state index is -1.25. The minimum absolute atomic E-state index is 0.00198. The highest BCUT2D eigenvalue weighted by Crippen LogP contribution is 2.12. The van der Waals surface area contributed by atoms with Crippen LogP contribution in [0.3, 0.4) is 0 Å². The summed E-state index contributed by atoms with van der Waals surface area (Å²) in [6.45, 7) is 11.4. The number of carbonyl (C=O) groups excluding carboxylic acids is 3. The predicted molar refractivity (Wildman–Crippen MR) is 245 cm³/mol. The van der Waals surface area contributed by atoms with Crippen molar-refractivity contribution in [2.45, 2.75) is 103 Å². The van der Waals surface area contributed by atoms with Crippen LogP contribution >= 0.6 is 0 Å². The maximum absolute atomic E-state index is 12.4. The number of aliphatic carboxylic acids is 1. The van der Waals surface area contributed by atoms with Crippen LogP contribution in [0.15, 0.2) is 0 Å². The molecule has 67 heavy (non-hydrogen) atoms. The fourth-order valence-electron chi connectivity index (χ4n) is 5.79. The molecule has 21 nitrogen and oxygen atoms in total. The van der Waals surface area contributed by atoms with E-state index in [2.05, 4.69) is 12.2 Å². The van der Waals surface area contributed by atoms with Crippen LogP contribution in [-0.4, -0.2) is 216 Å². The Balaban J connectivity index is 3.32. The van der Waals surface area contributed by atoms with E-state index in [0.29, 0.717) is 145 Å². The van der Waals surface area contributed by atoms with E-state index < -0.39 is 24.0 Å². The molecule has 0 fully saturated rings. The summed E-state index contributed by atoms with van der Waals surface area (Å²) in [7, 11) is 0. The van der Waals surface area contributed by atoms with Gasteiger partial charge in [-0.1, -0.05) is 64.7 Å². The molecule has 0 rings (SSSR count). The molecule has 0 heterocycles. The third-order valence-corrected chi connectivity index (χ3v) is 9.47. The van der Waals surface area contributed by atoms with Gasteiger partial charge >= 0.3 is 12.1 Å². The van der Waals surface area contributed by atoms with Gasteiger partial charge in [-0.05, 0) is 12.8 Å². The van der Waals surface area contributed by atoms with Gasteiger partial charge in [0.1, 0.15) is 6.04 Å². The Morgan fingerprint density at radius 1 is 0.448 bits per heavy atom. The molecule has 0 aromatic carbocycles. The number of nitrogens with one attached hydrogen (secondary N) is 1. The van der Waals surface area contributed by atoms with E-state index >= 15 is 0 Å². The number of carboxylic acids is 1. The Hall–Kier alpha value is -2.93. The Morgan fingerprint density at radius 3 is 1.07 bits per heavy atom. The molecule has 1 atom stereocenters. The lowest BCUT2D eigenvalue weighted by Gasteiger charge is -2.17. The topological polar surface area (TPSA) is 252 Å². The quantitative estimate of drug-likeness (QED) is 0.0732. The first kappa shape index (κ1) is 64.1. The molecule has 3 N–H and O–H groups in total. The van der Waals surface area contributed by atoms with E-state index in [1.807, 2.05) is 0 Å². The smallest absolute Gasteiger partial charge is 0.414 e. The second kappa shape index (κ2) is 52.4. The van der Waals surface area contributed by atoms with Crippen LogP contribution < -0.4 is 5.32 Å². The summed E-state index contributed by atoms with van der Waals surface area (Å²) < 4.78 is 65.4. The van der Waals surface area contributed by atoms with Gasteiger partial charge in [0.05, 0.1) is 165 Å². The molecule has 0 spiro atoms. The zero-order chi connectivity index (χ0) is 48.9. The molecule has 0 aliphatic heterocycles. The first-order valence-electron chi connectivity index (χ1n) is 24.2. The second-order valence-corrected chi connectivity index (χ2v) is 15.0. The number of carbonyl (C=O) groups is 4. The van der Waals surface area contributed by atoms with Gasteiger partial charge in [-0.2, -0.15) is 0 Å². The average molecular weight is 970 g/mol. The van der Waals surface area contributed by atoms with Gasteiger partial charge in [0.25, 0.3) is 0 Å². The van der Waals surface area contributed by atoms with Crippen molar-refractivity contribution in [1.82, 2.24) is 10.2 Å². The highest BCUT2D eigenvalue weighted by Gasteiger charge is 2.20. The van der Waals surface area contributed by atoms with Crippen LogP contribution in [0.5, 0.6) is 0 Å². The maximum Gasteiger partial charge on any atom is 0.414 e. The van der Waals surface area contributed by atoms with Gasteiger partial charge in [0.15, 0.2) is 6.29 Å². The summed E-state index contributed by atoms with van der Waals surface area (Å²) >= 11 is 0. The fraction of sp³-hybridized carbons (Fsp3) is 0.891. The first-order chi connectivity index (χ1) is 32.8. The van der Waals surface area contributed by atoms with Crippen LogP contribution in [0.25, 0.3) is 0 Å². The van der Waals surface area contributed by atoms with Crippen molar-refractivity contribution in [2.24, 2.45) is 0 Å². The lowest BCUT2D eigenvalue weighted by atomic mass is 10.1. The summed E-state index contributed by atoms with van der Waals surface area (Å²) in [5.74, 6) is -2.05. The van der Waals surface area contributed by atoms with Crippen molar-refractivity contribution in [3.05, 3.63) is 0 Å². The molecule has 0 unspecified atom stereocenters. The lowest BCUT2D eigenvalue weighted by molar-refractivity contribution is -0.142. The number of rotatable bonds is 55. The molecule has 0 saturated heterocycles. The number of nitrogens with zero attached hydrogens (tertiary/aromatic N) is 1. The molecule has 0 aliphatic carbocycles. The molecule has 3 amide bonds. The van der Waals surface area contributed by atoms with E-state index in [0.717, 1.165) is 17.7 Å². The highest BCUT2D eigenvalue weighted by molar-refractivity contribution is 5.91. The number of amides is 3. The second-order valence-electron chi connectivity index (χ2n) is 15.0. The van der Waals surface area contributed by atoms with Crippen molar-refractivity contribution < 1.29 is 91.0 Å².